The molecule has 5 rings (SSSR count). The molecule has 2 fully saturated rings. The third kappa shape index (κ3) is 3.77. The molecular weight excluding hydrogens is 432 g/mol. The van der Waals surface area contributed by atoms with E-state index in [4.69, 9.17) is 9.47 Å². The van der Waals surface area contributed by atoms with Crippen LogP contribution in [0, 0.1) is 5.41 Å². The molecule has 3 heterocycles. The van der Waals surface area contributed by atoms with E-state index in [2.05, 4.69) is 15.1 Å². The first-order chi connectivity index (χ1) is 16.6. The van der Waals surface area contributed by atoms with Crippen LogP contribution in [0.25, 0.3) is 11.1 Å². The number of aromatic amines is 1. The van der Waals surface area contributed by atoms with Crippen molar-refractivity contribution in [1.82, 2.24) is 15.1 Å². The minimum absolute atomic E-state index is 0.0174. The fraction of sp³-hybridized carbons (Fsp3) is 0.385. The molecule has 1 unspecified atom stereocenters. The van der Waals surface area contributed by atoms with E-state index in [9.17, 15) is 9.90 Å². The van der Waals surface area contributed by atoms with Crippen LogP contribution < -0.4 is 14.4 Å². The maximum Gasteiger partial charge on any atom is 0.257 e. The second-order valence-corrected chi connectivity index (χ2v) is 9.04. The SMILES string of the molecule is COc1ccccc1C(=O)N1CCC2(CC1)CCN(c1ccc(-c3cn[nH]c3)c(OC)c1)C2O. The molecule has 1 aromatic heterocycles. The molecule has 34 heavy (non-hydrogen) atoms. The predicted molar refractivity (Wildman–Crippen MR) is 129 cm³/mol. The minimum atomic E-state index is -0.611. The third-order valence-electron chi connectivity index (χ3n) is 7.40. The first kappa shape index (κ1) is 22.3. The molecule has 2 saturated heterocycles. The monoisotopic (exact) mass is 462 g/mol. The number of amides is 1. The summed E-state index contributed by atoms with van der Waals surface area (Å²) in [5.74, 6) is 1.31. The Bertz CT molecular complexity index is 1160. The van der Waals surface area contributed by atoms with E-state index in [0.29, 0.717) is 24.4 Å². The quantitative estimate of drug-likeness (QED) is 0.603. The largest absolute Gasteiger partial charge is 0.496 e. The average molecular weight is 463 g/mol. The number of rotatable bonds is 5. The first-order valence-corrected chi connectivity index (χ1v) is 11.6. The molecule has 8 nitrogen and oxygen atoms in total. The van der Waals surface area contributed by atoms with Crippen LogP contribution in [-0.4, -0.2) is 66.2 Å². The summed E-state index contributed by atoms with van der Waals surface area (Å²) in [6.07, 6.45) is 5.39. The van der Waals surface area contributed by atoms with Crippen LogP contribution >= 0.6 is 0 Å². The highest BCUT2D eigenvalue weighted by atomic mass is 16.5. The molecule has 0 saturated carbocycles. The maximum atomic E-state index is 13.1. The van der Waals surface area contributed by atoms with Crippen LogP contribution in [0.5, 0.6) is 11.5 Å². The number of anilines is 1. The van der Waals surface area contributed by atoms with E-state index in [1.54, 1.807) is 26.5 Å². The Hall–Kier alpha value is -3.52. The number of H-pyrrole nitrogens is 1. The summed E-state index contributed by atoms with van der Waals surface area (Å²) in [5.41, 5.74) is 3.19. The zero-order valence-electron chi connectivity index (χ0n) is 19.5. The van der Waals surface area contributed by atoms with Gasteiger partial charge in [-0.3, -0.25) is 9.89 Å². The van der Waals surface area contributed by atoms with E-state index in [0.717, 1.165) is 48.4 Å². The molecular formula is C26H30N4O4. The van der Waals surface area contributed by atoms with Crippen molar-refractivity contribution in [3.05, 3.63) is 60.4 Å². The van der Waals surface area contributed by atoms with Crippen molar-refractivity contribution >= 4 is 11.6 Å². The number of benzene rings is 2. The van der Waals surface area contributed by atoms with Crippen molar-refractivity contribution < 1.29 is 19.4 Å². The number of para-hydroxylation sites is 1. The number of hydrogen-bond acceptors (Lipinski definition) is 6. The molecule has 1 amide bonds. The third-order valence-corrected chi connectivity index (χ3v) is 7.40. The van der Waals surface area contributed by atoms with E-state index < -0.39 is 6.23 Å². The van der Waals surface area contributed by atoms with Gasteiger partial charge in [-0.25, -0.2) is 0 Å². The number of nitrogens with zero attached hydrogens (tertiary/aromatic N) is 3. The van der Waals surface area contributed by atoms with Crippen molar-refractivity contribution in [2.75, 3.05) is 38.8 Å². The van der Waals surface area contributed by atoms with E-state index in [-0.39, 0.29) is 11.3 Å². The molecule has 8 heteroatoms. The number of carbonyl (C=O) groups is 1. The summed E-state index contributed by atoms with van der Waals surface area (Å²) in [6, 6.07) is 13.3. The lowest BCUT2D eigenvalue weighted by atomic mass is 9.76. The van der Waals surface area contributed by atoms with Gasteiger partial charge in [0.1, 0.15) is 17.7 Å². The van der Waals surface area contributed by atoms with Crippen molar-refractivity contribution in [1.29, 1.82) is 0 Å². The Morgan fingerprint density at radius 2 is 1.79 bits per heavy atom. The minimum Gasteiger partial charge on any atom is -0.496 e. The molecule has 2 aliphatic heterocycles. The molecule has 2 N–H and O–H groups in total. The van der Waals surface area contributed by atoms with Crippen molar-refractivity contribution in [3.8, 4) is 22.6 Å². The lowest BCUT2D eigenvalue weighted by Gasteiger charge is -2.42. The van der Waals surface area contributed by atoms with Crippen LogP contribution in [0.1, 0.15) is 29.6 Å². The van der Waals surface area contributed by atoms with Gasteiger partial charge in [-0.1, -0.05) is 12.1 Å². The average Bonchev–Trinajstić information content (AvgIpc) is 3.53. The number of methoxy groups -OCH3 is 2. The second-order valence-electron chi connectivity index (χ2n) is 9.04. The number of nitrogens with one attached hydrogen (secondary N) is 1. The summed E-state index contributed by atoms with van der Waals surface area (Å²) in [5, 5.41) is 18.3. The Morgan fingerprint density at radius 3 is 2.50 bits per heavy atom. The van der Waals surface area contributed by atoms with Gasteiger partial charge in [0.2, 0.25) is 0 Å². The van der Waals surface area contributed by atoms with Gasteiger partial charge in [0.25, 0.3) is 5.91 Å². The summed E-state index contributed by atoms with van der Waals surface area (Å²) in [4.78, 5) is 17.0. The number of piperidine rings is 1. The summed E-state index contributed by atoms with van der Waals surface area (Å²) < 4.78 is 11.0. The molecule has 178 valence electrons. The second kappa shape index (κ2) is 9.02. The van der Waals surface area contributed by atoms with Crippen LogP contribution in [0.15, 0.2) is 54.9 Å². The lowest BCUT2D eigenvalue weighted by molar-refractivity contribution is 0.00238. The first-order valence-electron chi connectivity index (χ1n) is 11.6. The van der Waals surface area contributed by atoms with Crippen LogP contribution in [-0.2, 0) is 0 Å². The van der Waals surface area contributed by atoms with Gasteiger partial charge in [-0.2, -0.15) is 5.10 Å². The molecule has 3 aromatic rings. The Morgan fingerprint density at radius 1 is 1.06 bits per heavy atom. The smallest absolute Gasteiger partial charge is 0.257 e. The lowest BCUT2D eigenvalue weighted by Crippen LogP contribution is -2.48. The molecule has 0 bridgehead atoms. The van der Waals surface area contributed by atoms with Crippen molar-refractivity contribution in [3.63, 3.8) is 0 Å². The molecule has 1 atom stereocenters. The van der Waals surface area contributed by atoms with E-state index in [1.165, 1.54) is 0 Å². The number of carbonyl (C=O) groups excluding carboxylic acids is 1. The number of aliphatic hydroxyl groups is 1. The number of ether oxygens (including phenoxy) is 2. The predicted octanol–water partition coefficient (Wildman–Crippen LogP) is 3.55. The molecule has 0 radical (unpaired) electrons. The Labute approximate surface area is 199 Å². The molecule has 2 aromatic carbocycles. The molecule has 1 spiro atoms. The fourth-order valence-electron chi connectivity index (χ4n) is 5.35. The topological polar surface area (TPSA) is 90.9 Å². The number of hydrogen-bond donors (Lipinski definition) is 2. The van der Waals surface area contributed by atoms with Crippen molar-refractivity contribution in [2.45, 2.75) is 25.5 Å². The van der Waals surface area contributed by atoms with Crippen LogP contribution in [0.3, 0.4) is 0 Å². The van der Waals surface area contributed by atoms with Gasteiger partial charge in [-0.15, -0.1) is 0 Å². The van der Waals surface area contributed by atoms with Gasteiger partial charge < -0.3 is 24.4 Å². The van der Waals surface area contributed by atoms with Gasteiger partial charge in [0.05, 0.1) is 26.0 Å². The van der Waals surface area contributed by atoms with E-state index >= 15 is 0 Å². The fourth-order valence-corrected chi connectivity index (χ4v) is 5.35. The van der Waals surface area contributed by atoms with Gasteiger partial charge >= 0.3 is 0 Å². The number of likely N-dealkylation sites (tertiary alicyclic amines) is 1. The van der Waals surface area contributed by atoms with Gasteiger partial charge in [0, 0.05) is 54.1 Å². The summed E-state index contributed by atoms with van der Waals surface area (Å²) in [7, 11) is 3.23. The molecule has 2 aliphatic rings. The van der Waals surface area contributed by atoms with Crippen molar-refractivity contribution in [2.24, 2.45) is 5.41 Å². The summed E-state index contributed by atoms with van der Waals surface area (Å²) >= 11 is 0. The van der Waals surface area contributed by atoms with Gasteiger partial charge in [-0.05, 0) is 43.5 Å². The zero-order valence-corrected chi connectivity index (χ0v) is 19.5. The number of aliphatic hydroxyl groups excluding tert-OH is 1. The van der Waals surface area contributed by atoms with Crippen LogP contribution in [0.2, 0.25) is 0 Å². The van der Waals surface area contributed by atoms with Gasteiger partial charge in [0.15, 0.2) is 0 Å². The standard InChI is InChI=1S/C26H30N4O4/c1-33-22-6-4-3-5-21(22)24(31)29-12-9-26(10-13-29)11-14-30(25(26)32)19-7-8-20(23(15-19)34-2)18-16-27-28-17-18/h3-8,15-17,25,32H,9-14H2,1-2H3,(H,27,28). The zero-order chi connectivity index (χ0) is 23.7. The highest BCUT2D eigenvalue weighted by Crippen LogP contribution is 2.47. The number of aromatic nitrogens is 2. The Kier molecular flexibility index (Phi) is 5.91. The highest BCUT2D eigenvalue weighted by molar-refractivity contribution is 5.97. The summed E-state index contributed by atoms with van der Waals surface area (Å²) in [6.45, 7) is 1.99. The molecule has 0 aliphatic carbocycles. The maximum absolute atomic E-state index is 13.1. The van der Waals surface area contributed by atoms with Crippen LogP contribution in [0.4, 0.5) is 5.69 Å². The Balaban J connectivity index is 1.30. The van der Waals surface area contributed by atoms with E-state index in [1.807, 2.05) is 47.5 Å². The normalized spacial score (nSPS) is 19.4. The highest BCUT2D eigenvalue weighted by Gasteiger charge is 2.49.